The van der Waals surface area contributed by atoms with Gasteiger partial charge in [-0.25, -0.2) is 0 Å². The van der Waals surface area contributed by atoms with E-state index in [1.165, 1.54) is 167 Å². The Kier molecular flexibility index (Phi) is 19.9. The lowest BCUT2D eigenvalue weighted by atomic mass is 9.53. The first-order valence-electron chi connectivity index (χ1n) is 45.8. The van der Waals surface area contributed by atoms with Crippen LogP contribution in [0.4, 0.5) is 34.1 Å². The van der Waals surface area contributed by atoms with Crippen molar-refractivity contribution in [2.45, 2.75) is 151 Å². The zero-order chi connectivity index (χ0) is 90.4. The van der Waals surface area contributed by atoms with E-state index in [-0.39, 0.29) is 27.1 Å². The standard InChI is InChI=1S/C47H37N3.C45H37Cl2N.C30H23BrCl2/c1-45(2)35-13-5-7-15-37(35)47(38-16-8-6-14-36(38)45)41-26-33(29-49)32(28-48)25-31(41)22-21-30-23-24-34(27-42(30)47)50-43-19-11-9-17-39(43)46(3,4)40-18-10-12-20-44(40)50;1-43(2)31-13-5-7-15-33(31)45(34-16-8-6-14-32(34)43)37-26-30(24-23-28(37)21-22-29-25-39(46)40(47)27-38(29)45)48-41-19-11-9-17-35(41)44(3,4)36-18-10-12-20-42(36)48;1-29(2)21-7-3-5-9-23(21)30(24-10-6-4-8-22(24)29)25-16-20(31)14-13-18(25)11-12-19-15-27(32)28(33)17-26(19)30/h5-20,23-27H,21-22H2,1-4H3;5-20,23-27H,21-22H2,1-4H3;3-10,13-17H,11-12H2,1-2H3. The van der Waals surface area contributed by atoms with Gasteiger partial charge >= 0.3 is 0 Å². The van der Waals surface area contributed by atoms with Gasteiger partial charge in [0.2, 0.25) is 0 Å². The molecule has 0 bridgehead atoms. The Labute approximate surface area is 798 Å². The van der Waals surface area contributed by atoms with Crippen LogP contribution in [-0.4, -0.2) is 0 Å². The number of fused-ring (bicyclic) bond motifs is 28. The molecule has 2 heterocycles. The third-order valence-electron chi connectivity index (χ3n) is 31.3. The van der Waals surface area contributed by atoms with E-state index in [0.29, 0.717) is 31.2 Å². The highest BCUT2D eigenvalue weighted by Crippen LogP contribution is 2.65. The normalized spacial score (nSPS) is 16.9. The summed E-state index contributed by atoms with van der Waals surface area (Å²) in [5, 5.41) is 23.0. The van der Waals surface area contributed by atoms with Crippen molar-refractivity contribution in [1.29, 1.82) is 10.5 Å². The molecule has 16 aromatic rings. The van der Waals surface area contributed by atoms with Gasteiger partial charge in [0.25, 0.3) is 0 Å². The first-order valence-corrected chi connectivity index (χ1v) is 48.1. The van der Waals surface area contributed by atoms with Gasteiger partial charge in [-0.1, -0.05) is 368 Å². The highest BCUT2D eigenvalue weighted by Gasteiger charge is 2.56. The Bertz CT molecular complexity index is 7360. The molecule has 8 aliphatic rings. The number of benzene rings is 16. The van der Waals surface area contributed by atoms with Crippen LogP contribution in [0.15, 0.2) is 338 Å². The summed E-state index contributed by atoms with van der Waals surface area (Å²) in [7, 11) is 0. The van der Waals surface area contributed by atoms with E-state index in [1.807, 2.05) is 12.1 Å². The molecule has 0 fully saturated rings. The maximum Gasteiger partial charge on any atom is 0.101 e. The minimum atomic E-state index is -0.715. The largest absolute Gasteiger partial charge is 0.310 e. The molecule has 640 valence electrons. The molecule has 6 aliphatic carbocycles. The number of rotatable bonds is 2. The van der Waals surface area contributed by atoms with Crippen molar-refractivity contribution in [3.8, 4) is 12.1 Å². The van der Waals surface area contributed by atoms with Crippen LogP contribution in [0.3, 0.4) is 0 Å². The lowest BCUT2D eigenvalue weighted by molar-refractivity contribution is 0.557. The SMILES string of the molecule is CC1(C)c2ccccc2C2(c3cc(Br)ccc3CCc3cc(Cl)c(Cl)cc32)c2ccccc21.CC1(C)c2ccccc2N(c2ccc3c(c2)C2(c4cc(C#N)c(C#N)cc4CC3)c3ccccc3C(C)(C)c3ccccc32)c2ccccc21.CC1(C)c2ccccc2N(c2ccc3c(c2)C2(c4cc(Cl)c(Cl)cc4CC3)c3ccccc3C(C)(C)c3ccccc32)c2ccccc21. The predicted octanol–water partition coefficient (Wildman–Crippen LogP) is 31.8. The average Bonchev–Trinajstić information content (AvgIpc) is 1.67. The molecule has 0 unspecified atom stereocenters. The van der Waals surface area contributed by atoms with Crippen molar-refractivity contribution in [1.82, 2.24) is 0 Å². The molecule has 9 heteroatoms. The zero-order valence-electron chi connectivity index (χ0n) is 75.2. The Morgan fingerprint density at radius 2 is 0.435 bits per heavy atom. The zero-order valence-corrected chi connectivity index (χ0v) is 79.8. The molecule has 2 aliphatic heterocycles. The van der Waals surface area contributed by atoms with Crippen LogP contribution in [-0.2, 0) is 81.8 Å². The fourth-order valence-corrected chi connectivity index (χ4v) is 26.3. The van der Waals surface area contributed by atoms with Crippen molar-refractivity contribution in [3.05, 3.63) is 525 Å². The highest BCUT2D eigenvalue weighted by molar-refractivity contribution is 9.10. The molecule has 0 atom stereocenters. The van der Waals surface area contributed by atoms with Crippen LogP contribution in [0.5, 0.6) is 0 Å². The first-order chi connectivity index (χ1) is 63.2. The molecule has 0 saturated carbocycles. The quantitative estimate of drug-likeness (QED) is 0.173. The molecular weight excluding hydrogens is 1740 g/mol. The average molecular weight is 1840 g/mol. The lowest BCUT2D eigenvalue weighted by Crippen LogP contribution is -2.42. The first kappa shape index (κ1) is 84.3. The van der Waals surface area contributed by atoms with E-state index in [1.54, 1.807) is 0 Å². The van der Waals surface area contributed by atoms with Gasteiger partial charge < -0.3 is 9.80 Å². The maximum atomic E-state index is 10.4. The summed E-state index contributed by atoms with van der Waals surface area (Å²) < 4.78 is 1.09. The molecule has 0 saturated heterocycles. The monoisotopic (exact) mass is 1840 g/mol. The van der Waals surface area contributed by atoms with E-state index >= 15 is 0 Å². The van der Waals surface area contributed by atoms with Crippen molar-refractivity contribution in [2.24, 2.45) is 0 Å². The number of para-hydroxylation sites is 4. The number of hydrogen-bond donors (Lipinski definition) is 0. The molecule has 0 aromatic heterocycles. The van der Waals surface area contributed by atoms with Crippen molar-refractivity contribution in [2.75, 3.05) is 9.80 Å². The highest BCUT2D eigenvalue weighted by atomic mass is 79.9. The second kappa shape index (κ2) is 30.9. The fourth-order valence-electron chi connectivity index (χ4n) is 25.2. The summed E-state index contributed by atoms with van der Waals surface area (Å²) in [5.74, 6) is 0. The van der Waals surface area contributed by atoms with Gasteiger partial charge in [-0.2, -0.15) is 10.5 Å². The number of anilines is 6. The lowest BCUT2D eigenvalue weighted by Gasteiger charge is -2.49. The Morgan fingerprint density at radius 3 is 0.733 bits per heavy atom. The maximum absolute atomic E-state index is 10.4. The number of aryl methyl sites for hydroxylation is 6. The topological polar surface area (TPSA) is 54.1 Å². The molecule has 0 amide bonds. The summed E-state index contributed by atoms with van der Waals surface area (Å²) in [6, 6.07) is 128. The third-order valence-corrected chi connectivity index (χ3v) is 33.2. The van der Waals surface area contributed by atoms with Gasteiger partial charge in [-0.05, 0) is 291 Å². The molecule has 3 spiro atoms. The minimum absolute atomic E-state index is 0.118. The van der Waals surface area contributed by atoms with E-state index in [0.717, 1.165) is 65.5 Å². The summed E-state index contributed by atoms with van der Waals surface area (Å²) in [4.78, 5) is 4.93. The van der Waals surface area contributed by atoms with E-state index in [4.69, 9.17) is 46.4 Å². The van der Waals surface area contributed by atoms with Crippen molar-refractivity contribution < 1.29 is 0 Å². The molecular formula is C122H97BrCl4N4. The fraction of sp³-hybridized carbons (Fsp3) is 0.197. The van der Waals surface area contributed by atoms with Crippen molar-refractivity contribution >= 4 is 96.5 Å². The number of nitriles is 2. The number of hydrogen-bond acceptors (Lipinski definition) is 4. The molecule has 24 rings (SSSR count). The van der Waals surface area contributed by atoms with Gasteiger partial charge in [-0.3, -0.25) is 0 Å². The van der Waals surface area contributed by atoms with Gasteiger partial charge in [0.05, 0.1) is 70.2 Å². The van der Waals surface area contributed by atoms with Crippen molar-refractivity contribution in [3.63, 3.8) is 0 Å². The molecule has 16 aromatic carbocycles. The van der Waals surface area contributed by atoms with Gasteiger partial charge in [0.1, 0.15) is 12.1 Å². The third kappa shape index (κ3) is 12.2. The summed E-state index contributed by atoms with van der Waals surface area (Å²) in [6.45, 7) is 23.4. The van der Waals surface area contributed by atoms with Crippen LogP contribution in [0.25, 0.3) is 0 Å². The van der Waals surface area contributed by atoms with Crippen LogP contribution in [0.2, 0.25) is 20.1 Å². The summed E-state index contributed by atoms with van der Waals surface area (Å²) >= 11 is 30.9. The van der Waals surface area contributed by atoms with Crippen LogP contribution in [0, 0.1) is 22.7 Å². The van der Waals surface area contributed by atoms with E-state index < -0.39 is 16.2 Å². The second-order valence-electron chi connectivity index (χ2n) is 39.5. The Hall–Kier alpha value is -12.3. The smallest absolute Gasteiger partial charge is 0.101 e. The van der Waals surface area contributed by atoms with Crippen LogP contribution >= 0.6 is 62.3 Å². The molecule has 131 heavy (non-hydrogen) atoms. The number of halogens is 5. The summed E-state index contributed by atoms with van der Waals surface area (Å²) in [6.07, 6.45) is 5.30. The second-order valence-corrected chi connectivity index (χ2v) is 42.0. The molecule has 0 radical (unpaired) electrons. The Morgan fingerprint density at radius 1 is 0.221 bits per heavy atom. The molecule has 4 nitrogen and oxygen atoms in total. The predicted molar refractivity (Wildman–Crippen MR) is 544 cm³/mol. The minimum Gasteiger partial charge on any atom is -0.310 e. The van der Waals surface area contributed by atoms with E-state index in [2.05, 4.69) is 429 Å². The number of nitrogens with zero attached hydrogens (tertiary/aromatic N) is 4. The molecule has 0 N–H and O–H groups in total. The van der Waals surface area contributed by atoms with Crippen LogP contribution in [0.1, 0.15) is 236 Å². The summed E-state index contributed by atoms with van der Waals surface area (Å²) in [5.41, 5.74) is 41.4. The van der Waals surface area contributed by atoms with Crippen LogP contribution < -0.4 is 9.80 Å². The Balaban J connectivity index is 0.000000118. The van der Waals surface area contributed by atoms with E-state index in [9.17, 15) is 10.5 Å². The van der Waals surface area contributed by atoms with Gasteiger partial charge in [0, 0.05) is 42.9 Å². The van der Waals surface area contributed by atoms with Gasteiger partial charge in [-0.15, -0.1) is 0 Å². The van der Waals surface area contributed by atoms with Gasteiger partial charge in [0.15, 0.2) is 0 Å².